The Morgan fingerprint density at radius 1 is 1.44 bits per heavy atom. The van der Waals surface area contributed by atoms with Gasteiger partial charge in [-0.25, -0.2) is 0 Å². The molecule has 0 bridgehead atoms. The Bertz CT molecular complexity index is 455. The highest BCUT2D eigenvalue weighted by Gasteiger charge is 2.15. The third-order valence-corrected chi connectivity index (χ3v) is 2.15. The quantitative estimate of drug-likeness (QED) is 0.815. The molecule has 1 aromatic rings. The van der Waals surface area contributed by atoms with Gasteiger partial charge in [0.25, 0.3) is 5.91 Å². The molecule has 0 aromatic heterocycles. The zero-order valence-electron chi connectivity index (χ0n) is 9.47. The molecule has 16 heavy (non-hydrogen) atoms. The van der Waals surface area contributed by atoms with Crippen LogP contribution in [-0.4, -0.2) is 11.4 Å². The molecule has 0 heterocycles. The molecule has 0 saturated carbocycles. The first kappa shape index (κ1) is 12.5. The molecule has 1 N–H and O–H groups in total. The van der Waals surface area contributed by atoms with Crippen LogP contribution >= 0.6 is 11.6 Å². The van der Waals surface area contributed by atoms with Crippen molar-refractivity contribution in [2.24, 2.45) is 0 Å². The van der Waals surface area contributed by atoms with Gasteiger partial charge in [-0.15, -0.1) is 0 Å². The molecule has 0 aliphatic heterocycles. The predicted octanol–water partition coefficient (Wildman–Crippen LogP) is 2.74. The van der Waals surface area contributed by atoms with E-state index in [1.807, 2.05) is 26.8 Å². The third kappa shape index (κ3) is 3.25. The van der Waals surface area contributed by atoms with E-state index in [1.54, 1.807) is 12.1 Å². The normalized spacial score (nSPS) is 10.7. The molecule has 0 aliphatic carbocycles. The van der Waals surface area contributed by atoms with Crippen molar-refractivity contribution in [1.29, 1.82) is 5.26 Å². The Morgan fingerprint density at radius 2 is 2.06 bits per heavy atom. The number of amides is 1. The summed E-state index contributed by atoms with van der Waals surface area (Å²) in [5.74, 6) is -0.195. The second-order valence-electron chi connectivity index (χ2n) is 4.51. The van der Waals surface area contributed by atoms with Gasteiger partial charge in [-0.05, 0) is 39.0 Å². The lowest BCUT2D eigenvalue weighted by Crippen LogP contribution is -2.40. The zero-order valence-corrected chi connectivity index (χ0v) is 10.2. The van der Waals surface area contributed by atoms with Crippen molar-refractivity contribution in [2.45, 2.75) is 26.3 Å². The van der Waals surface area contributed by atoms with Crippen LogP contribution in [0.3, 0.4) is 0 Å². The van der Waals surface area contributed by atoms with Gasteiger partial charge in [0.05, 0.1) is 10.6 Å². The van der Waals surface area contributed by atoms with Crippen LogP contribution in [-0.2, 0) is 0 Å². The summed E-state index contributed by atoms with van der Waals surface area (Å²) in [5, 5.41) is 11.8. The molecule has 0 spiro atoms. The molecule has 0 radical (unpaired) electrons. The van der Waals surface area contributed by atoms with Crippen LogP contribution in [0.5, 0.6) is 0 Å². The molecule has 0 aliphatic rings. The Labute approximate surface area is 100 Å². The number of benzene rings is 1. The number of hydrogen-bond acceptors (Lipinski definition) is 2. The van der Waals surface area contributed by atoms with Gasteiger partial charge >= 0.3 is 0 Å². The van der Waals surface area contributed by atoms with E-state index in [4.69, 9.17) is 16.9 Å². The van der Waals surface area contributed by atoms with Crippen molar-refractivity contribution in [1.82, 2.24) is 5.32 Å². The highest BCUT2D eigenvalue weighted by molar-refractivity contribution is 6.32. The van der Waals surface area contributed by atoms with Gasteiger partial charge in [0, 0.05) is 11.1 Å². The first-order valence-corrected chi connectivity index (χ1v) is 5.23. The van der Waals surface area contributed by atoms with E-state index in [1.165, 1.54) is 6.07 Å². The van der Waals surface area contributed by atoms with Gasteiger partial charge in [-0.1, -0.05) is 11.6 Å². The number of nitrogens with one attached hydrogen (secondary N) is 1. The zero-order chi connectivity index (χ0) is 12.3. The summed E-state index contributed by atoms with van der Waals surface area (Å²) in [6, 6.07) is 6.58. The molecule has 3 nitrogen and oxygen atoms in total. The number of carbonyl (C=O) groups is 1. The van der Waals surface area contributed by atoms with Gasteiger partial charge in [0.15, 0.2) is 0 Å². The van der Waals surface area contributed by atoms with Crippen LogP contribution in [0.25, 0.3) is 0 Å². The third-order valence-electron chi connectivity index (χ3n) is 1.84. The SMILES string of the molecule is CC(C)(C)NC(=O)c1ccc(C#N)c(Cl)c1. The van der Waals surface area contributed by atoms with Crippen molar-refractivity contribution >= 4 is 17.5 Å². The lowest BCUT2D eigenvalue weighted by Gasteiger charge is -2.20. The number of rotatable bonds is 1. The number of nitrogens with zero attached hydrogens (tertiary/aromatic N) is 1. The highest BCUT2D eigenvalue weighted by Crippen LogP contribution is 2.17. The average molecular weight is 237 g/mol. The van der Waals surface area contributed by atoms with Gasteiger partial charge in [-0.2, -0.15) is 5.26 Å². The summed E-state index contributed by atoms with van der Waals surface area (Å²) < 4.78 is 0. The summed E-state index contributed by atoms with van der Waals surface area (Å²) >= 11 is 5.84. The van der Waals surface area contributed by atoms with Crippen LogP contribution in [0.4, 0.5) is 0 Å². The van der Waals surface area contributed by atoms with Crippen LogP contribution in [0.15, 0.2) is 18.2 Å². The summed E-state index contributed by atoms with van der Waals surface area (Å²) in [5.41, 5.74) is 0.533. The lowest BCUT2D eigenvalue weighted by atomic mass is 10.1. The molecular formula is C12H13ClN2O. The van der Waals surface area contributed by atoms with E-state index >= 15 is 0 Å². The molecule has 0 unspecified atom stereocenters. The number of halogens is 1. The molecule has 1 rings (SSSR count). The summed E-state index contributed by atoms with van der Waals surface area (Å²) in [6.45, 7) is 5.70. The van der Waals surface area contributed by atoms with Crippen molar-refractivity contribution in [3.63, 3.8) is 0 Å². The summed E-state index contributed by atoms with van der Waals surface area (Å²) in [7, 11) is 0. The van der Waals surface area contributed by atoms with E-state index in [9.17, 15) is 4.79 Å². The Hall–Kier alpha value is -1.53. The molecule has 0 fully saturated rings. The maximum atomic E-state index is 11.8. The first-order chi connectivity index (χ1) is 7.33. The van der Waals surface area contributed by atoms with E-state index in [-0.39, 0.29) is 11.4 Å². The minimum absolute atomic E-state index is 0.195. The van der Waals surface area contributed by atoms with Crippen molar-refractivity contribution in [2.75, 3.05) is 0 Å². The number of hydrogen-bond donors (Lipinski definition) is 1. The van der Waals surface area contributed by atoms with Gasteiger partial charge in [0.2, 0.25) is 0 Å². The largest absolute Gasteiger partial charge is 0.347 e. The fraction of sp³-hybridized carbons (Fsp3) is 0.333. The standard InChI is InChI=1S/C12H13ClN2O/c1-12(2,3)15-11(16)8-4-5-9(7-14)10(13)6-8/h4-6H,1-3H3,(H,15,16). The maximum absolute atomic E-state index is 11.8. The Kier molecular flexibility index (Phi) is 3.56. The fourth-order valence-corrected chi connectivity index (χ4v) is 1.38. The molecule has 0 saturated heterocycles. The minimum Gasteiger partial charge on any atom is -0.347 e. The summed E-state index contributed by atoms with van der Waals surface area (Å²) in [6.07, 6.45) is 0. The Morgan fingerprint density at radius 3 is 2.50 bits per heavy atom. The number of nitriles is 1. The monoisotopic (exact) mass is 236 g/mol. The van der Waals surface area contributed by atoms with Crippen LogP contribution < -0.4 is 5.32 Å². The fourth-order valence-electron chi connectivity index (χ4n) is 1.16. The molecule has 1 aromatic carbocycles. The Balaban J connectivity index is 2.95. The second-order valence-corrected chi connectivity index (χ2v) is 4.92. The van der Waals surface area contributed by atoms with Crippen molar-refractivity contribution in [3.05, 3.63) is 34.3 Å². The van der Waals surface area contributed by atoms with E-state index in [0.717, 1.165) is 0 Å². The highest BCUT2D eigenvalue weighted by atomic mass is 35.5. The molecule has 84 valence electrons. The van der Waals surface area contributed by atoms with Crippen LogP contribution in [0, 0.1) is 11.3 Å². The van der Waals surface area contributed by atoms with Crippen LogP contribution in [0.2, 0.25) is 5.02 Å². The van der Waals surface area contributed by atoms with E-state index < -0.39 is 0 Å². The summed E-state index contributed by atoms with van der Waals surface area (Å²) in [4.78, 5) is 11.8. The topological polar surface area (TPSA) is 52.9 Å². The van der Waals surface area contributed by atoms with Crippen molar-refractivity contribution < 1.29 is 4.79 Å². The number of carbonyl (C=O) groups excluding carboxylic acids is 1. The van der Waals surface area contributed by atoms with Gasteiger partial charge in [0.1, 0.15) is 6.07 Å². The average Bonchev–Trinajstić information content (AvgIpc) is 2.15. The van der Waals surface area contributed by atoms with Crippen molar-refractivity contribution in [3.8, 4) is 6.07 Å². The van der Waals surface area contributed by atoms with Crippen LogP contribution in [0.1, 0.15) is 36.7 Å². The molecular weight excluding hydrogens is 224 g/mol. The van der Waals surface area contributed by atoms with E-state index in [0.29, 0.717) is 16.1 Å². The lowest BCUT2D eigenvalue weighted by molar-refractivity contribution is 0.0919. The predicted molar refractivity (Wildman–Crippen MR) is 63.4 cm³/mol. The smallest absolute Gasteiger partial charge is 0.251 e. The molecule has 4 heteroatoms. The maximum Gasteiger partial charge on any atom is 0.251 e. The van der Waals surface area contributed by atoms with Gasteiger partial charge in [-0.3, -0.25) is 4.79 Å². The molecule has 1 amide bonds. The molecule has 0 atom stereocenters. The second kappa shape index (κ2) is 4.54. The minimum atomic E-state index is -0.294. The first-order valence-electron chi connectivity index (χ1n) is 4.85. The van der Waals surface area contributed by atoms with E-state index in [2.05, 4.69) is 5.32 Å². The van der Waals surface area contributed by atoms with Gasteiger partial charge < -0.3 is 5.32 Å².